The Balaban J connectivity index is 2.94. The Morgan fingerprint density at radius 1 is 1.53 bits per heavy atom. The van der Waals surface area contributed by atoms with E-state index in [0.717, 1.165) is 0 Å². The smallest absolute Gasteiger partial charge is 0.145 e. The normalized spacial score (nSPS) is 10.0. The van der Waals surface area contributed by atoms with E-state index < -0.39 is 0 Å². The van der Waals surface area contributed by atoms with Gasteiger partial charge in [-0.1, -0.05) is 11.6 Å². The molecule has 2 aromatic rings. The summed E-state index contributed by atoms with van der Waals surface area (Å²) >= 11 is 6.10. The standard InChI is InChI=1S/C11H9ClN4O/c1-17-8-3-2-7(12)9-10(16-14)6(4-13)5-15-11(8)9/h2-3,5H,14H2,1H3,(H,15,16). The first kappa shape index (κ1) is 11.5. The number of aromatic nitrogens is 1. The minimum absolute atomic E-state index is 0.329. The van der Waals surface area contributed by atoms with Gasteiger partial charge in [0.15, 0.2) is 0 Å². The van der Waals surface area contributed by atoms with Crippen LogP contribution in [0.2, 0.25) is 5.02 Å². The van der Waals surface area contributed by atoms with Gasteiger partial charge >= 0.3 is 0 Å². The number of nitrogens with zero attached hydrogens (tertiary/aromatic N) is 2. The zero-order valence-corrected chi connectivity index (χ0v) is 9.75. The van der Waals surface area contributed by atoms with Gasteiger partial charge in [-0.15, -0.1) is 0 Å². The Morgan fingerprint density at radius 2 is 2.29 bits per heavy atom. The molecule has 0 fully saturated rings. The van der Waals surface area contributed by atoms with E-state index in [0.29, 0.717) is 32.9 Å². The second-order valence-corrected chi connectivity index (χ2v) is 3.68. The number of hydrogen-bond acceptors (Lipinski definition) is 5. The van der Waals surface area contributed by atoms with Crippen molar-refractivity contribution in [1.82, 2.24) is 4.98 Å². The molecule has 0 aliphatic rings. The number of benzene rings is 1. The maximum absolute atomic E-state index is 8.97. The molecule has 0 unspecified atom stereocenters. The number of pyridine rings is 1. The van der Waals surface area contributed by atoms with Gasteiger partial charge in [0.25, 0.3) is 0 Å². The molecule has 3 N–H and O–H groups in total. The van der Waals surface area contributed by atoms with Crippen LogP contribution in [0, 0.1) is 11.3 Å². The number of nitrogen functional groups attached to an aromatic ring is 1. The molecule has 0 aliphatic carbocycles. The lowest BCUT2D eigenvalue weighted by atomic mass is 10.1. The number of hydrazine groups is 1. The monoisotopic (exact) mass is 248 g/mol. The Bertz CT molecular complexity index is 621. The molecule has 0 atom stereocenters. The predicted octanol–water partition coefficient (Wildman–Crippen LogP) is 2.05. The molecule has 86 valence electrons. The number of nitriles is 1. The van der Waals surface area contributed by atoms with Gasteiger partial charge in [-0.05, 0) is 12.1 Å². The van der Waals surface area contributed by atoms with Crippen LogP contribution >= 0.6 is 11.6 Å². The van der Waals surface area contributed by atoms with E-state index >= 15 is 0 Å². The summed E-state index contributed by atoms with van der Waals surface area (Å²) in [6, 6.07) is 5.38. The number of methoxy groups -OCH3 is 1. The average molecular weight is 249 g/mol. The topological polar surface area (TPSA) is 84.0 Å². The zero-order valence-electron chi connectivity index (χ0n) is 8.99. The van der Waals surface area contributed by atoms with E-state index in [1.54, 1.807) is 12.1 Å². The Hall–Kier alpha value is -2.03. The van der Waals surface area contributed by atoms with Crippen LogP contribution in [0.15, 0.2) is 18.3 Å². The Morgan fingerprint density at radius 3 is 2.88 bits per heavy atom. The van der Waals surface area contributed by atoms with E-state index in [9.17, 15) is 0 Å². The van der Waals surface area contributed by atoms with Gasteiger partial charge < -0.3 is 10.2 Å². The van der Waals surface area contributed by atoms with Crippen LogP contribution in [0.5, 0.6) is 5.75 Å². The largest absolute Gasteiger partial charge is 0.494 e. The van der Waals surface area contributed by atoms with Gasteiger partial charge in [-0.25, -0.2) is 0 Å². The maximum atomic E-state index is 8.97. The van der Waals surface area contributed by atoms with Crippen molar-refractivity contribution in [2.24, 2.45) is 5.84 Å². The molecule has 0 bridgehead atoms. The van der Waals surface area contributed by atoms with Gasteiger partial charge in [0.2, 0.25) is 0 Å². The average Bonchev–Trinajstić information content (AvgIpc) is 2.37. The summed E-state index contributed by atoms with van der Waals surface area (Å²) in [7, 11) is 1.54. The number of fused-ring (bicyclic) bond motifs is 1. The first-order chi connectivity index (χ1) is 8.22. The predicted molar refractivity (Wildman–Crippen MR) is 65.8 cm³/mol. The quantitative estimate of drug-likeness (QED) is 0.628. The summed E-state index contributed by atoms with van der Waals surface area (Å²) in [6.45, 7) is 0. The molecule has 0 saturated carbocycles. The Labute approximate surface area is 103 Å². The molecule has 1 aromatic heterocycles. The zero-order chi connectivity index (χ0) is 12.4. The van der Waals surface area contributed by atoms with Gasteiger partial charge in [-0.3, -0.25) is 10.8 Å². The fraction of sp³-hybridized carbons (Fsp3) is 0.0909. The van der Waals surface area contributed by atoms with E-state index in [2.05, 4.69) is 10.4 Å². The van der Waals surface area contributed by atoms with Gasteiger partial charge in [-0.2, -0.15) is 5.26 Å². The molecule has 2 rings (SSSR count). The third kappa shape index (κ3) is 1.73. The van der Waals surface area contributed by atoms with Crippen molar-refractivity contribution in [3.8, 4) is 11.8 Å². The molecule has 0 saturated heterocycles. The van der Waals surface area contributed by atoms with Crippen LogP contribution in [0.3, 0.4) is 0 Å². The number of nitrogens with one attached hydrogen (secondary N) is 1. The van der Waals surface area contributed by atoms with Crippen molar-refractivity contribution in [3.63, 3.8) is 0 Å². The number of ether oxygens (including phenoxy) is 1. The Kier molecular flexibility index (Phi) is 3.00. The molecule has 1 heterocycles. The van der Waals surface area contributed by atoms with Crippen LogP contribution in [0.4, 0.5) is 5.69 Å². The first-order valence-corrected chi connectivity index (χ1v) is 5.12. The van der Waals surface area contributed by atoms with Crippen LogP contribution in [-0.2, 0) is 0 Å². The number of rotatable bonds is 2. The summed E-state index contributed by atoms with van der Waals surface area (Å²) in [6.07, 6.45) is 1.43. The second kappa shape index (κ2) is 4.45. The number of nitrogens with two attached hydrogens (primary N) is 1. The van der Waals surface area contributed by atoms with Gasteiger partial charge in [0.05, 0.1) is 23.4 Å². The summed E-state index contributed by atoms with van der Waals surface area (Å²) in [4.78, 5) is 4.16. The third-order valence-corrected chi connectivity index (χ3v) is 2.73. The van der Waals surface area contributed by atoms with Crippen LogP contribution in [-0.4, -0.2) is 12.1 Å². The van der Waals surface area contributed by atoms with Crippen molar-refractivity contribution in [3.05, 3.63) is 28.9 Å². The van der Waals surface area contributed by atoms with Crippen molar-refractivity contribution >= 4 is 28.2 Å². The molecular formula is C11H9ClN4O. The van der Waals surface area contributed by atoms with Crippen molar-refractivity contribution in [1.29, 1.82) is 5.26 Å². The fourth-order valence-electron chi connectivity index (χ4n) is 1.64. The summed E-state index contributed by atoms with van der Waals surface area (Å²) in [5.74, 6) is 6.00. The lowest BCUT2D eigenvalue weighted by Crippen LogP contribution is -2.09. The van der Waals surface area contributed by atoms with Crippen molar-refractivity contribution in [2.45, 2.75) is 0 Å². The molecular weight excluding hydrogens is 240 g/mol. The maximum Gasteiger partial charge on any atom is 0.145 e. The molecule has 0 amide bonds. The van der Waals surface area contributed by atoms with Crippen LogP contribution in [0.25, 0.3) is 10.9 Å². The molecule has 17 heavy (non-hydrogen) atoms. The molecule has 0 aliphatic heterocycles. The first-order valence-electron chi connectivity index (χ1n) is 4.74. The highest BCUT2D eigenvalue weighted by atomic mass is 35.5. The minimum Gasteiger partial charge on any atom is -0.494 e. The number of hydrogen-bond donors (Lipinski definition) is 2. The minimum atomic E-state index is 0.329. The van der Waals surface area contributed by atoms with E-state index in [1.807, 2.05) is 6.07 Å². The van der Waals surface area contributed by atoms with Crippen LogP contribution in [0.1, 0.15) is 5.56 Å². The highest BCUT2D eigenvalue weighted by molar-refractivity contribution is 6.36. The van der Waals surface area contributed by atoms with E-state index in [4.69, 9.17) is 27.4 Å². The molecule has 6 heteroatoms. The SMILES string of the molecule is COc1ccc(Cl)c2c(NN)c(C#N)cnc12. The highest BCUT2D eigenvalue weighted by Crippen LogP contribution is 2.36. The van der Waals surface area contributed by atoms with Crippen molar-refractivity contribution in [2.75, 3.05) is 12.5 Å². The van der Waals surface area contributed by atoms with Crippen molar-refractivity contribution < 1.29 is 4.74 Å². The number of halogens is 1. The van der Waals surface area contributed by atoms with E-state index in [1.165, 1.54) is 13.3 Å². The summed E-state index contributed by atoms with van der Waals surface area (Å²) in [5, 5.41) is 10.00. The molecule has 5 nitrogen and oxygen atoms in total. The number of anilines is 1. The lowest BCUT2D eigenvalue weighted by molar-refractivity contribution is 0.419. The highest BCUT2D eigenvalue weighted by Gasteiger charge is 2.14. The fourth-order valence-corrected chi connectivity index (χ4v) is 1.89. The lowest BCUT2D eigenvalue weighted by Gasteiger charge is -2.11. The van der Waals surface area contributed by atoms with Gasteiger partial charge in [0.1, 0.15) is 17.3 Å². The molecule has 0 radical (unpaired) electrons. The summed E-state index contributed by atoms with van der Waals surface area (Å²) < 4.78 is 5.18. The van der Waals surface area contributed by atoms with E-state index in [-0.39, 0.29) is 0 Å². The molecule has 0 spiro atoms. The molecule has 1 aromatic carbocycles. The second-order valence-electron chi connectivity index (χ2n) is 3.28. The van der Waals surface area contributed by atoms with Gasteiger partial charge in [0, 0.05) is 11.6 Å². The summed E-state index contributed by atoms with van der Waals surface area (Å²) in [5.41, 5.74) is 3.82. The third-order valence-electron chi connectivity index (χ3n) is 2.42. The van der Waals surface area contributed by atoms with Crippen LogP contribution < -0.4 is 16.0 Å².